The highest BCUT2D eigenvalue weighted by Crippen LogP contribution is 2.42. The first-order valence-electron chi connectivity index (χ1n) is 15.4. The number of aromatic hydroxyl groups is 1. The Bertz CT molecular complexity index is 1900. The zero-order valence-electron chi connectivity index (χ0n) is 26.3. The summed E-state index contributed by atoms with van der Waals surface area (Å²) in [6, 6.07) is 34.8. The number of para-hydroxylation sites is 2. The van der Waals surface area contributed by atoms with Gasteiger partial charge in [-0.15, -0.1) is 0 Å². The number of phenolic OH excluding ortho intramolecular Hbond substituents is 1. The normalized spacial score (nSPS) is 11.5. The minimum atomic E-state index is 0.165. The lowest BCUT2D eigenvalue weighted by Crippen LogP contribution is -2.08. The fourth-order valence-corrected chi connectivity index (χ4v) is 6.15. The second-order valence-electron chi connectivity index (χ2n) is 12.2. The van der Waals surface area contributed by atoms with Gasteiger partial charge >= 0.3 is 0 Å². The fourth-order valence-electron chi connectivity index (χ4n) is 6.15. The number of imidazole rings is 1. The molecule has 44 heavy (non-hydrogen) atoms. The number of aryl methyl sites for hydroxylation is 2. The molecular formula is C40H39N3O. The molecule has 0 unspecified atom stereocenters. The van der Waals surface area contributed by atoms with Crippen LogP contribution < -0.4 is 0 Å². The smallest absolute Gasteiger partial charge is 0.149 e. The molecule has 0 aliphatic heterocycles. The average Bonchev–Trinajstić information content (AvgIpc) is 3.45. The van der Waals surface area contributed by atoms with Gasteiger partial charge in [0.25, 0.3) is 0 Å². The summed E-state index contributed by atoms with van der Waals surface area (Å²) in [6.45, 7) is 13.2. The van der Waals surface area contributed by atoms with Crippen LogP contribution in [-0.2, 0) is 0 Å². The van der Waals surface area contributed by atoms with Gasteiger partial charge in [0.1, 0.15) is 11.6 Å². The summed E-state index contributed by atoms with van der Waals surface area (Å²) in [6.07, 6.45) is 2.15. The molecule has 4 aromatic carbocycles. The SMILES string of the molecule is Cc1cccc(C)c1-c1cn(-c2c(C(C)C)cccc2C(C)C)c(-c2cccc(-c3cccc(-c4ccccc4)n3)c2O)n1. The maximum absolute atomic E-state index is 12.0. The van der Waals surface area contributed by atoms with Crippen molar-refractivity contribution in [1.82, 2.24) is 14.5 Å². The largest absolute Gasteiger partial charge is 0.506 e. The summed E-state index contributed by atoms with van der Waals surface area (Å²) in [4.78, 5) is 10.2. The van der Waals surface area contributed by atoms with Gasteiger partial charge in [0.15, 0.2) is 0 Å². The van der Waals surface area contributed by atoms with E-state index in [0.29, 0.717) is 34.5 Å². The van der Waals surface area contributed by atoms with E-state index in [1.807, 2.05) is 66.7 Å². The van der Waals surface area contributed by atoms with Crippen molar-refractivity contribution in [2.24, 2.45) is 0 Å². The molecule has 220 valence electrons. The Kier molecular flexibility index (Phi) is 7.92. The van der Waals surface area contributed by atoms with Crippen molar-refractivity contribution >= 4 is 0 Å². The van der Waals surface area contributed by atoms with E-state index in [-0.39, 0.29) is 5.75 Å². The number of rotatable bonds is 7. The summed E-state index contributed by atoms with van der Waals surface area (Å²) in [7, 11) is 0. The van der Waals surface area contributed by atoms with Crippen LogP contribution in [0.3, 0.4) is 0 Å². The van der Waals surface area contributed by atoms with Gasteiger partial charge in [-0.05, 0) is 72.2 Å². The van der Waals surface area contributed by atoms with Crippen molar-refractivity contribution in [1.29, 1.82) is 0 Å². The first-order valence-corrected chi connectivity index (χ1v) is 15.4. The monoisotopic (exact) mass is 577 g/mol. The van der Waals surface area contributed by atoms with Gasteiger partial charge in [0.05, 0.1) is 28.3 Å². The highest BCUT2D eigenvalue weighted by molar-refractivity contribution is 5.82. The topological polar surface area (TPSA) is 50.9 Å². The molecule has 0 aliphatic carbocycles. The molecule has 2 heterocycles. The Morgan fingerprint density at radius 3 is 1.80 bits per heavy atom. The summed E-state index contributed by atoms with van der Waals surface area (Å²) in [5, 5.41) is 12.0. The molecule has 0 aliphatic rings. The summed E-state index contributed by atoms with van der Waals surface area (Å²) in [5.74, 6) is 1.47. The molecule has 0 amide bonds. The number of nitrogens with zero attached hydrogens (tertiary/aromatic N) is 3. The third-order valence-electron chi connectivity index (χ3n) is 8.40. The predicted octanol–water partition coefficient (Wildman–Crippen LogP) is 10.5. The van der Waals surface area contributed by atoms with Crippen LogP contribution in [0.4, 0.5) is 0 Å². The Labute approximate surface area is 260 Å². The lowest BCUT2D eigenvalue weighted by molar-refractivity contribution is 0.478. The van der Waals surface area contributed by atoms with Gasteiger partial charge in [0.2, 0.25) is 0 Å². The van der Waals surface area contributed by atoms with E-state index in [4.69, 9.17) is 9.97 Å². The van der Waals surface area contributed by atoms with Crippen LogP contribution in [-0.4, -0.2) is 19.6 Å². The first-order chi connectivity index (χ1) is 21.2. The van der Waals surface area contributed by atoms with Crippen LogP contribution >= 0.6 is 0 Å². The van der Waals surface area contributed by atoms with Crippen LogP contribution in [0.5, 0.6) is 5.75 Å². The number of benzene rings is 4. The van der Waals surface area contributed by atoms with Crippen molar-refractivity contribution in [2.75, 3.05) is 0 Å². The summed E-state index contributed by atoms with van der Waals surface area (Å²) in [5.41, 5.74) is 11.9. The molecule has 0 saturated heterocycles. The molecule has 0 bridgehead atoms. The van der Waals surface area contributed by atoms with E-state index in [1.54, 1.807) is 0 Å². The zero-order chi connectivity index (χ0) is 31.0. The van der Waals surface area contributed by atoms with Gasteiger partial charge in [0, 0.05) is 22.9 Å². The third-order valence-corrected chi connectivity index (χ3v) is 8.40. The van der Waals surface area contributed by atoms with E-state index in [9.17, 15) is 5.11 Å². The lowest BCUT2D eigenvalue weighted by Gasteiger charge is -2.22. The number of hydrogen-bond donors (Lipinski definition) is 1. The van der Waals surface area contributed by atoms with Gasteiger partial charge < -0.3 is 5.11 Å². The van der Waals surface area contributed by atoms with E-state index >= 15 is 0 Å². The predicted molar refractivity (Wildman–Crippen MR) is 182 cm³/mol. The van der Waals surface area contributed by atoms with Crippen molar-refractivity contribution in [3.05, 3.63) is 132 Å². The molecule has 0 saturated carbocycles. The number of pyridine rings is 1. The Morgan fingerprint density at radius 2 is 1.14 bits per heavy atom. The van der Waals surface area contributed by atoms with Gasteiger partial charge in [-0.2, -0.15) is 0 Å². The van der Waals surface area contributed by atoms with Crippen LogP contribution in [0, 0.1) is 13.8 Å². The van der Waals surface area contributed by atoms with E-state index in [0.717, 1.165) is 28.2 Å². The molecule has 6 rings (SSSR count). The molecule has 0 atom stereocenters. The zero-order valence-corrected chi connectivity index (χ0v) is 26.3. The number of aromatic nitrogens is 3. The van der Waals surface area contributed by atoms with Gasteiger partial charge in [-0.1, -0.05) is 107 Å². The molecule has 2 aromatic heterocycles. The summed E-state index contributed by atoms with van der Waals surface area (Å²) >= 11 is 0. The van der Waals surface area contributed by atoms with Crippen molar-refractivity contribution in [2.45, 2.75) is 53.4 Å². The minimum Gasteiger partial charge on any atom is -0.506 e. The van der Waals surface area contributed by atoms with E-state index in [2.05, 4.69) is 88.7 Å². The Balaban J connectivity index is 1.61. The molecule has 0 spiro atoms. The maximum atomic E-state index is 12.0. The molecule has 4 nitrogen and oxygen atoms in total. The van der Waals surface area contributed by atoms with Crippen molar-refractivity contribution < 1.29 is 5.11 Å². The van der Waals surface area contributed by atoms with E-state index < -0.39 is 0 Å². The standard InChI is InChI=1S/C40H39N3O/c1-25(2)30-18-11-19-31(26(3)4)38(30)43-24-36(37-27(5)14-10-15-28(37)6)42-40(43)33-21-12-20-32(39(33)44)35-23-13-22-34(41-35)29-16-8-7-9-17-29/h7-26,44H,1-6H3. The third kappa shape index (κ3) is 5.33. The first kappa shape index (κ1) is 29.1. The van der Waals surface area contributed by atoms with Crippen LogP contribution in [0.2, 0.25) is 0 Å². The Morgan fingerprint density at radius 1 is 0.568 bits per heavy atom. The van der Waals surface area contributed by atoms with Crippen molar-refractivity contribution in [3.63, 3.8) is 0 Å². The van der Waals surface area contributed by atoms with Crippen LogP contribution in [0.1, 0.15) is 61.8 Å². The van der Waals surface area contributed by atoms with E-state index in [1.165, 1.54) is 22.3 Å². The maximum Gasteiger partial charge on any atom is 0.149 e. The molecule has 6 aromatic rings. The molecule has 0 fully saturated rings. The molecular weight excluding hydrogens is 538 g/mol. The van der Waals surface area contributed by atoms with Gasteiger partial charge in [-0.25, -0.2) is 9.97 Å². The van der Waals surface area contributed by atoms with Gasteiger partial charge in [-0.3, -0.25) is 4.57 Å². The molecule has 1 N–H and O–H groups in total. The second-order valence-corrected chi connectivity index (χ2v) is 12.2. The highest BCUT2D eigenvalue weighted by Gasteiger charge is 2.24. The molecule has 4 heteroatoms. The number of hydrogen-bond acceptors (Lipinski definition) is 3. The minimum absolute atomic E-state index is 0.165. The van der Waals surface area contributed by atoms with Crippen LogP contribution in [0.25, 0.3) is 50.8 Å². The average molecular weight is 578 g/mol. The summed E-state index contributed by atoms with van der Waals surface area (Å²) < 4.78 is 2.21. The number of phenols is 1. The molecule has 0 radical (unpaired) electrons. The second kappa shape index (κ2) is 12.0. The van der Waals surface area contributed by atoms with Crippen LogP contribution in [0.15, 0.2) is 109 Å². The lowest BCUT2D eigenvalue weighted by atomic mass is 9.92. The van der Waals surface area contributed by atoms with Crippen molar-refractivity contribution in [3.8, 4) is 56.6 Å². The quantitative estimate of drug-likeness (QED) is 0.205. The Hall–Kier alpha value is -4.96. The fraction of sp³-hybridized carbons (Fsp3) is 0.200. The highest BCUT2D eigenvalue weighted by atomic mass is 16.3.